The van der Waals surface area contributed by atoms with E-state index in [9.17, 15) is 0 Å². The maximum Gasteiger partial charge on any atom is 0.187 e. The molecule has 2 atom stereocenters. The number of rotatable bonds is 1. The van der Waals surface area contributed by atoms with Crippen LogP contribution in [0.3, 0.4) is 0 Å². The second kappa shape index (κ2) is 3.36. The Kier molecular flexibility index (Phi) is 2.15. The first-order valence-electron chi connectivity index (χ1n) is 4.93. The fraction of sp³-hybridized carbons (Fsp3) is 0.667. The van der Waals surface area contributed by atoms with Crippen molar-refractivity contribution in [1.82, 2.24) is 10.3 Å². The predicted octanol–water partition coefficient (Wildman–Crippen LogP) is 1.59. The third kappa shape index (κ3) is 1.33. The van der Waals surface area contributed by atoms with Crippen LogP contribution in [0.15, 0.2) is 5.38 Å². The summed E-state index contributed by atoms with van der Waals surface area (Å²) in [6.45, 7) is 3.41. The van der Waals surface area contributed by atoms with Crippen molar-refractivity contribution in [2.75, 3.05) is 24.5 Å². The quantitative estimate of drug-likeness (QED) is 0.793. The largest absolute Gasteiger partial charge is 0.343 e. The molecule has 14 heavy (non-hydrogen) atoms. The summed E-state index contributed by atoms with van der Waals surface area (Å²) in [5.74, 6) is 0.817. The highest BCUT2D eigenvalue weighted by Gasteiger charge is 2.38. The van der Waals surface area contributed by atoms with E-state index in [4.69, 9.17) is 11.6 Å². The molecule has 1 aromatic heterocycles. The van der Waals surface area contributed by atoms with Gasteiger partial charge in [0.1, 0.15) is 5.15 Å². The first-order valence-corrected chi connectivity index (χ1v) is 6.19. The SMILES string of the molecule is Clc1csc(N2CC[C@@H]3CNC[C@@H]32)n1. The van der Waals surface area contributed by atoms with Gasteiger partial charge in [-0.3, -0.25) is 0 Å². The highest BCUT2D eigenvalue weighted by molar-refractivity contribution is 7.14. The molecule has 76 valence electrons. The average molecular weight is 230 g/mol. The van der Waals surface area contributed by atoms with Crippen molar-refractivity contribution in [1.29, 1.82) is 0 Å². The Bertz CT molecular complexity index is 341. The molecule has 3 heterocycles. The summed E-state index contributed by atoms with van der Waals surface area (Å²) < 4.78 is 0. The van der Waals surface area contributed by atoms with E-state index in [1.807, 2.05) is 5.38 Å². The van der Waals surface area contributed by atoms with E-state index in [-0.39, 0.29) is 0 Å². The molecule has 0 aromatic carbocycles. The van der Waals surface area contributed by atoms with Crippen LogP contribution in [0, 0.1) is 5.92 Å². The maximum atomic E-state index is 5.84. The summed E-state index contributed by atoms with van der Waals surface area (Å²) in [4.78, 5) is 6.74. The van der Waals surface area contributed by atoms with Gasteiger partial charge < -0.3 is 10.2 Å². The Morgan fingerprint density at radius 2 is 2.50 bits per heavy atom. The molecular weight excluding hydrogens is 218 g/mol. The van der Waals surface area contributed by atoms with Gasteiger partial charge in [0.2, 0.25) is 0 Å². The second-order valence-corrected chi connectivity index (χ2v) is 5.14. The van der Waals surface area contributed by atoms with Crippen LogP contribution in [0.1, 0.15) is 6.42 Å². The summed E-state index contributed by atoms with van der Waals surface area (Å²) in [6.07, 6.45) is 1.29. The van der Waals surface area contributed by atoms with Crippen molar-refractivity contribution in [3.8, 4) is 0 Å². The summed E-state index contributed by atoms with van der Waals surface area (Å²) in [5.41, 5.74) is 0. The Morgan fingerprint density at radius 1 is 1.57 bits per heavy atom. The van der Waals surface area contributed by atoms with E-state index in [2.05, 4.69) is 15.2 Å². The lowest BCUT2D eigenvalue weighted by Gasteiger charge is -2.22. The molecule has 0 amide bonds. The van der Waals surface area contributed by atoms with Gasteiger partial charge in [0.25, 0.3) is 0 Å². The minimum Gasteiger partial charge on any atom is -0.343 e. The summed E-state index contributed by atoms with van der Waals surface area (Å²) in [5, 5.41) is 7.06. The molecule has 0 radical (unpaired) electrons. The van der Waals surface area contributed by atoms with Gasteiger partial charge in [-0.05, 0) is 12.3 Å². The lowest BCUT2D eigenvalue weighted by molar-refractivity contribution is 0.578. The lowest BCUT2D eigenvalue weighted by Crippen LogP contribution is -2.33. The molecule has 2 saturated heterocycles. The molecule has 3 rings (SSSR count). The van der Waals surface area contributed by atoms with Gasteiger partial charge in [0, 0.05) is 31.1 Å². The van der Waals surface area contributed by atoms with Crippen LogP contribution in [-0.4, -0.2) is 30.7 Å². The van der Waals surface area contributed by atoms with Crippen molar-refractivity contribution in [3.63, 3.8) is 0 Å². The van der Waals surface area contributed by atoms with Crippen LogP contribution in [0.4, 0.5) is 5.13 Å². The number of thiazole rings is 1. The highest BCUT2D eigenvalue weighted by atomic mass is 35.5. The van der Waals surface area contributed by atoms with Gasteiger partial charge in [-0.2, -0.15) is 0 Å². The molecule has 0 spiro atoms. The Hall–Kier alpha value is -0.320. The smallest absolute Gasteiger partial charge is 0.187 e. The van der Waals surface area contributed by atoms with Gasteiger partial charge in [-0.25, -0.2) is 4.98 Å². The number of hydrogen-bond donors (Lipinski definition) is 1. The van der Waals surface area contributed by atoms with E-state index in [1.165, 1.54) is 13.0 Å². The number of nitrogens with one attached hydrogen (secondary N) is 1. The van der Waals surface area contributed by atoms with Crippen LogP contribution in [-0.2, 0) is 0 Å². The van der Waals surface area contributed by atoms with Gasteiger partial charge in [0.05, 0.1) is 0 Å². The van der Waals surface area contributed by atoms with Crippen LogP contribution in [0.2, 0.25) is 5.15 Å². The minimum atomic E-state index is 0.624. The number of halogens is 1. The number of hydrogen-bond acceptors (Lipinski definition) is 4. The van der Waals surface area contributed by atoms with Crippen LogP contribution in [0.25, 0.3) is 0 Å². The molecule has 0 bridgehead atoms. The van der Waals surface area contributed by atoms with E-state index < -0.39 is 0 Å². The zero-order valence-electron chi connectivity index (χ0n) is 7.74. The van der Waals surface area contributed by atoms with E-state index >= 15 is 0 Å². The molecule has 3 nitrogen and oxygen atoms in total. The maximum absolute atomic E-state index is 5.84. The number of fused-ring (bicyclic) bond motifs is 1. The Morgan fingerprint density at radius 3 is 3.29 bits per heavy atom. The summed E-state index contributed by atoms with van der Waals surface area (Å²) >= 11 is 7.49. The molecule has 5 heteroatoms. The number of anilines is 1. The molecule has 1 aromatic rings. The molecule has 2 aliphatic heterocycles. The lowest BCUT2D eigenvalue weighted by atomic mass is 10.1. The normalized spacial score (nSPS) is 31.1. The topological polar surface area (TPSA) is 28.2 Å². The van der Waals surface area contributed by atoms with Crippen molar-refractivity contribution < 1.29 is 0 Å². The van der Waals surface area contributed by atoms with Gasteiger partial charge in [-0.1, -0.05) is 11.6 Å². The molecule has 0 saturated carbocycles. The van der Waals surface area contributed by atoms with Crippen LogP contribution in [0.5, 0.6) is 0 Å². The fourth-order valence-corrected chi connectivity index (χ4v) is 3.50. The van der Waals surface area contributed by atoms with Crippen molar-refractivity contribution in [3.05, 3.63) is 10.5 Å². The molecule has 0 aliphatic carbocycles. The first-order chi connectivity index (χ1) is 6.84. The van der Waals surface area contributed by atoms with Crippen LogP contribution < -0.4 is 10.2 Å². The average Bonchev–Trinajstić information content (AvgIpc) is 2.77. The van der Waals surface area contributed by atoms with E-state index in [1.54, 1.807) is 11.3 Å². The van der Waals surface area contributed by atoms with Gasteiger partial charge >= 0.3 is 0 Å². The van der Waals surface area contributed by atoms with Crippen molar-refractivity contribution >= 4 is 28.1 Å². The molecule has 2 fully saturated rings. The second-order valence-electron chi connectivity index (χ2n) is 3.92. The zero-order chi connectivity index (χ0) is 9.54. The minimum absolute atomic E-state index is 0.624. The van der Waals surface area contributed by atoms with E-state index in [0.29, 0.717) is 11.2 Å². The molecule has 2 aliphatic rings. The zero-order valence-corrected chi connectivity index (χ0v) is 9.31. The van der Waals surface area contributed by atoms with E-state index in [0.717, 1.165) is 24.1 Å². The predicted molar refractivity (Wildman–Crippen MR) is 59.2 cm³/mol. The highest BCUT2D eigenvalue weighted by Crippen LogP contribution is 2.34. The third-order valence-electron chi connectivity index (χ3n) is 3.16. The standard InChI is InChI=1S/C9H12ClN3S/c10-8-5-14-9(12-8)13-2-1-6-3-11-4-7(6)13/h5-7,11H,1-4H2/t6-,7+/m1/s1. The molecular formula is C9H12ClN3S. The van der Waals surface area contributed by atoms with Crippen molar-refractivity contribution in [2.24, 2.45) is 5.92 Å². The molecule has 1 N–H and O–H groups in total. The summed E-state index contributed by atoms with van der Waals surface area (Å²) in [7, 11) is 0. The van der Waals surface area contributed by atoms with Gasteiger partial charge in [-0.15, -0.1) is 11.3 Å². The van der Waals surface area contributed by atoms with Crippen LogP contribution >= 0.6 is 22.9 Å². The first kappa shape index (κ1) is 8.95. The monoisotopic (exact) mass is 229 g/mol. The third-order valence-corrected chi connectivity index (χ3v) is 4.36. The molecule has 0 unspecified atom stereocenters. The number of nitrogens with zero attached hydrogens (tertiary/aromatic N) is 2. The summed E-state index contributed by atoms with van der Waals surface area (Å²) in [6, 6.07) is 0.650. The fourth-order valence-electron chi connectivity index (χ4n) is 2.46. The van der Waals surface area contributed by atoms with Gasteiger partial charge in [0.15, 0.2) is 5.13 Å². The van der Waals surface area contributed by atoms with Crippen molar-refractivity contribution in [2.45, 2.75) is 12.5 Å². The Balaban J connectivity index is 1.85. The number of aromatic nitrogens is 1. The Labute approximate surface area is 92.1 Å².